The Kier molecular flexibility index (Phi) is 5.29. The molecule has 0 aliphatic rings. The topological polar surface area (TPSA) is 54.1 Å². The number of benzene rings is 2. The van der Waals surface area contributed by atoms with Gasteiger partial charge in [-0.1, -0.05) is 23.7 Å². The van der Waals surface area contributed by atoms with Gasteiger partial charge < -0.3 is 15.0 Å². The van der Waals surface area contributed by atoms with Gasteiger partial charge in [0, 0.05) is 28.2 Å². The number of fused-ring (bicyclic) bond motifs is 1. The van der Waals surface area contributed by atoms with Gasteiger partial charge in [-0.2, -0.15) is 0 Å². The molecular formula is C20H21ClN2O2. The maximum absolute atomic E-state index is 12.3. The Morgan fingerprint density at radius 2 is 2.08 bits per heavy atom. The van der Waals surface area contributed by atoms with Crippen LogP contribution in [-0.2, 0) is 17.6 Å². The number of methoxy groups -OCH3 is 1. The van der Waals surface area contributed by atoms with Crippen LogP contribution in [0.1, 0.15) is 16.8 Å². The number of aryl methyl sites for hydroxylation is 1. The van der Waals surface area contributed by atoms with Crippen LogP contribution in [0.25, 0.3) is 10.9 Å². The summed E-state index contributed by atoms with van der Waals surface area (Å²) < 4.78 is 5.29. The molecule has 25 heavy (non-hydrogen) atoms. The number of aromatic nitrogens is 1. The van der Waals surface area contributed by atoms with Gasteiger partial charge in [-0.05, 0) is 54.8 Å². The molecule has 3 rings (SSSR count). The summed E-state index contributed by atoms with van der Waals surface area (Å²) in [6, 6.07) is 13.5. The van der Waals surface area contributed by atoms with E-state index < -0.39 is 0 Å². The standard InChI is InChI=1S/C20H21ClN2O2/c1-13-17(18-11-16(25-2)6-7-19(18)23-13)12-20(24)22-9-8-14-4-3-5-15(21)10-14/h3-7,10-11,23H,8-9,12H2,1-2H3,(H,22,24). The van der Waals surface area contributed by atoms with E-state index in [0.717, 1.165) is 39.9 Å². The summed E-state index contributed by atoms with van der Waals surface area (Å²) in [4.78, 5) is 15.7. The Morgan fingerprint density at radius 3 is 2.84 bits per heavy atom. The summed E-state index contributed by atoms with van der Waals surface area (Å²) in [7, 11) is 1.64. The first kappa shape index (κ1) is 17.4. The van der Waals surface area contributed by atoms with E-state index in [1.807, 2.05) is 49.4 Å². The first-order valence-electron chi connectivity index (χ1n) is 8.23. The molecule has 0 radical (unpaired) electrons. The normalized spacial score (nSPS) is 10.8. The fourth-order valence-corrected chi connectivity index (χ4v) is 3.19. The van der Waals surface area contributed by atoms with Gasteiger partial charge in [0.15, 0.2) is 0 Å². The zero-order valence-corrected chi connectivity index (χ0v) is 15.1. The third kappa shape index (κ3) is 4.15. The number of nitrogens with one attached hydrogen (secondary N) is 2. The Morgan fingerprint density at radius 1 is 1.24 bits per heavy atom. The zero-order chi connectivity index (χ0) is 17.8. The minimum atomic E-state index is 0.00819. The Hall–Kier alpha value is -2.46. The van der Waals surface area contributed by atoms with E-state index in [1.54, 1.807) is 7.11 Å². The van der Waals surface area contributed by atoms with Crippen molar-refractivity contribution in [1.82, 2.24) is 10.3 Å². The first-order chi connectivity index (χ1) is 12.1. The second-order valence-electron chi connectivity index (χ2n) is 6.05. The van der Waals surface area contributed by atoms with Crippen LogP contribution in [0.15, 0.2) is 42.5 Å². The fraction of sp³-hybridized carbons (Fsp3) is 0.250. The molecule has 0 aliphatic carbocycles. The summed E-state index contributed by atoms with van der Waals surface area (Å²) in [5.74, 6) is 0.794. The van der Waals surface area contributed by atoms with Crippen molar-refractivity contribution in [2.75, 3.05) is 13.7 Å². The number of halogens is 1. The highest BCUT2D eigenvalue weighted by Gasteiger charge is 2.13. The number of H-pyrrole nitrogens is 1. The van der Waals surface area contributed by atoms with Crippen molar-refractivity contribution in [3.05, 3.63) is 64.3 Å². The number of aromatic amines is 1. The van der Waals surface area contributed by atoms with Crippen LogP contribution in [0.5, 0.6) is 5.75 Å². The SMILES string of the molecule is COc1ccc2[nH]c(C)c(CC(=O)NCCc3cccc(Cl)c3)c2c1. The molecule has 130 valence electrons. The van der Waals surface area contributed by atoms with Gasteiger partial charge >= 0.3 is 0 Å². The summed E-state index contributed by atoms with van der Waals surface area (Å²) in [6.45, 7) is 2.57. The largest absolute Gasteiger partial charge is 0.497 e. The van der Waals surface area contributed by atoms with Crippen molar-refractivity contribution in [1.29, 1.82) is 0 Å². The summed E-state index contributed by atoms with van der Waals surface area (Å²) >= 11 is 5.98. The molecule has 0 unspecified atom stereocenters. The highest BCUT2D eigenvalue weighted by atomic mass is 35.5. The molecule has 0 atom stereocenters. The lowest BCUT2D eigenvalue weighted by Crippen LogP contribution is -2.27. The van der Waals surface area contributed by atoms with Gasteiger partial charge in [0.1, 0.15) is 5.75 Å². The molecule has 3 aromatic rings. The molecule has 5 heteroatoms. The van der Waals surface area contributed by atoms with E-state index in [1.165, 1.54) is 0 Å². The highest BCUT2D eigenvalue weighted by Crippen LogP contribution is 2.26. The summed E-state index contributed by atoms with van der Waals surface area (Å²) in [6.07, 6.45) is 1.10. The van der Waals surface area contributed by atoms with Crippen molar-refractivity contribution in [2.45, 2.75) is 19.8 Å². The second-order valence-corrected chi connectivity index (χ2v) is 6.48. The van der Waals surface area contributed by atoms with Crippen molar-refractivity contribution in [3.63, 3.8) is 0 Å². The lowest BCUT2D eigenvalue weighted by Gasteiger charge is -2.07. The van der Waals surface area contributed by atoms with Gasteiger partial charge in [-0.15, -0.1) is 0 Å². The highest BCUT2D eigenvalue weighted by molar-refractivity contribution is 6.30. The second kappa shape index (κ2) is 7.62. The van der Waals surface area contributed by atoms with Crippen LogP contribution in [0.4, 0.5) is 0 Å². The molecule has 0 aliphatic heterocycles. The average Bonchev–Trinajstić information content (AvgIpc) is 2.90. The number of hydrogen-bond donors (Lipinski definition) is 2. The molecule has 0 bridgehead atoms. The predicted molar refractivity (Wildman–Crippen MR) is 101 cm³/mol. The fourth-order valence-electron chi connectivity index (χ4n) is 2.98. The van der Waals surface area contributed by atoms with Crippen molar-refractivity contribution >= 4 is 28.4 Å². The lowest BCUT2D eigenvalue weighted by atomic mass is 10.1. The van der Waals surface area contributed by atoms with Crippen molar-refractivity contribution < 1.29 is 9.53 Å². The van der Waals surface area contributed by atoms with E-state index in [-0.39, 0.29) is 5.91 Å². The van der Waals surface area contributed by atoms with Crippen LogP contribution in [0.3, 0.4) is 0 Å². The summed E-state index contributed by atoms with van der Waals surface area (Å²) in [5.41, 5.74) is 4.14. The van der Waals surface area contributed by atoms with E-state index in [4.69, 9.17) is 16.3 Å². The molecule has 0 fully saturated rings. The van der Waals surface area contributed by atoms with Gasteiger partial charge in [0.25, 0.3) is 0 Å². The molecular weight excluding hydrogens is 336 g/mol. The molecule has 0 saturated heterocycles. The quantitative estimate of drug-likeness (QED) is 0.700. The van der Waals surface area contributed by atoms with Crippen LogP contribution >= 0.6 is 11.6 Å². The molecule has 2 aromatic carbocycles. The van der Waals surface area contributed by atoms with Crippen LogP contribution in [-0.4, -0.2) is 24.5 Å². The maximum Gasteiger partial charge on any atom is 0.224 e. The van der Waals surface area contributed by atoms with Crippen LogP contribution < -0.4 is 10.1 Å². The number of ether oxygens (including phenoxy) is 1. The minimum absolute atomic E-state index is 0.00819. The van der Waals surface area contributed by atoms with Crippen LogP contribution in [0, 0.1) is 6.92 Å². The van der Waals surface area contributed by atoms with Crippen LogP contribution in [0.2, 0.25) is 5.02 Å². The van der Waals surface area contributed by atoms with Crippen molar-refractivity contribution in [2.24, 2.45) is 0 Å². The van der Waals surface area contributed by atoms with E-state index in [0.29, 0.717) is 18.0 Å². The number of hydrogen-bond acceptors (Lipinski definition) is 2. The van der Waals surface area contributed by atoms with Crippen molar-refractivity contribution in [3.8, 4) is 5.75 Å². The smallest absolute Gasteiger partial charge is 0.224 e. The third-order valence-corrected chi connectivity index (χ3v) is 4.52. The molecule has 4 nitrogen and oxygen atoms in total. The van der Waals surface area contributed by atoms with Gasteiger partial charge in [0.05, 0.1) is 13.5 Å². The average molecular weight is 357 g/mol. The molecule has 1 aromatic heterocycles. The monoisotopic (exact) mass is 356 g/mol. The number of rotatable bonds is 6. The lowest BCUT2D eigenvalue weighted by molar-refractivity contribution is -0.120. The van der Waals surface area contributed by atoms with Gasteiger partial charge in [0.2, 0.25) is 5.91 Å². The molecule has 0 spiro atoms. The Balaban J connectivity index is 1.64. The third-order valence-electron chi connectivity index (χ3n) is 4.29. The summed E-state index contributed by atoms with van der Waals surface area (Å²) in [5, 5.41) is 4.73. The van der Waals surface area contributed by atoms with E-state index in [2.05, 4.69) is 10.3 Å². The number of amides is 1. The first-order valence-corrected chi connectivity index (χ1v) is 8.61. The molecule has 0 saturated carbocycles. The molecule has 1 heterocycles. The zero-order valence-electron chi connectivity index (χ0n) is 14.4. The maximum atomic E-state index is 12.3. The molecule has 2 N–H and O–H groups in total. The van der Waals surface area contributed by atoms with E-state index in [9.17, 15) is 4.79 Å². The Bertz CT molecular complexity index is 902. The number of carbonyl (C=O) groups is 1. The van der Waals surface area contributed by atoms with E-state index >= 15 is 0 Å². The minimum Gasteiger partial charge on any atom is -0.497 e. The predicted octanol–water partition coefficient (Wildman–Crippen LogP) is 4.04. The number of carbonyl (C=O) groups excluding carboxylic acids is 1. The molecule has 1 amide bonds. The Labute approximate surface area is 152 Å². The van der Waals surface area contributed by atoms with Gasteiger partial charge in [-0.25, -0.2) is 0 Å². The van der Waals surface area contributed by atoms with Gasteiger partial charge in [-0.3, -0.25) is 4.79 Å².